The van der Waals surface area contributed by atoms with E-state index in [0.29, 0.717) is 17.3 Å². The van der Waals surface area contributed by atoms with Gasteiger partial charge in [-0.25, -0.2) is 15.2 Å². The average Bonchev–Trinajstić information content (AvgIpc) is 2.40. The minimum absolute atomic E-state index is 0.0646. The largest absolute Gasteiger partial charge is 0.487 e. The zero-order valence-electron chi connectivity index (χ0n) is 9.36. The molecule has 0 aliphatic rings. The van der Waals surface area contributed by atoms with Crippen molar-refractivity contribution in [1.29, 1.82) is 0 Å². The number of halogens is 2. The molecule has 2 aromatic rings. The summed E-state index contributed by atoms with van der Waals surface area (Å²) in [6, 6.07) is 9.57. The molecular weight excluding hydrogens is 257 g/mol. The van der Waals surface area contributed by atoms with Crippen molar-refractivity contribution in [2.24, 2.45) is 5.84 Å². The smallest absolute Gasteiger partial charge is 0.145 e. The summed E-state index contributed by atoms with van der Waals surface area (Å²) in [5.74, 6) is 5.66. The van der Waals surface area contributed by atoms with Crippen molar-refractivity contribution in [2.75, 3.05) is 5.43 Å². The molecule has 1 aromatic heterocycles. The monoisotopic (exact) mass is 267 g/mol. The van der Waals surface area contributed by atoms with Crippen molar-refractivity contribution >= 4 is 17.4 Å². The molecule has 2 rings (SSSR count). The Labute approximate surface area is 109 Å². The van der Waals surface area contributed by atoms with E-state index in [1.807, 2.05) is 0 Å². The van der Waals surface area contributed by atoms with Gasteiger partial charge in [0, 0.05) is 6.07 Å². The van der Waals surface area contributed by atoms with Crippen LogP contribution in [0.3, 0.4) is 0 Å². The van der Waals surface area contributed by atoms with Crippen molar-refractivity contribution in [3.8, 4) is 5.75 Å². The minimum Gasteiger partial charge on any atom is -0.487 e. The number of anilines is 1. The van der Waals surface area contributed by atoms with E-state index in [2.05, 4.69) is 10.4 Å². The number of nitrogen functional groups attached to an aromatic ring is 1. The third-order valence-corrected chi connectivity index (χ3v) is 2.54. The third kappa shape index (κ3) is 3.09. The first kappa shape index (κ1) is 12.6. The van der Waals surface area contributed by atoms with E-state index < -0.39 is 5.82 Å². The van der Waals surface area contributed by atoms with Crippen LogP contribution in [-0.2, 0) is 6.61 Å². The first-order valence-electron chi connectivity index (χ1n) is 5.19. The van der Waals surface area contributed by atoms with E-state index >= 15 is 0 Å². The molecule has 4 nitrogen and oxygen atoms in total. The molecule has 1 heterocycles. The molecule has 0 amide bonds. The van der Waals surface area contributed by atoms with E-state index in [-0.39, 0.29) is 11.6 Å². The number of benzene rings is 1. The van der Waals surface area contributed by atoms with E-state index in [9.17, 15) is 4.39 Å². The molecule has 0 spiro atoms. The van der Waals surface area contributed by atoms with Gasteiger partial charge in [0.05, 0.1) is 10.7 Å². The van der Waals surface area contributed by atoms with Crippen molar-refractivity contribution in [1.82, 2.24) is 4.98 Å². The standard InChI is InChI=1S/C12H11ClFN3O/c13-10-5-4-9(6-11(10)14)18-7-8-2-1-3-12(16-8)17-15/h1-6H,7,15H2,(H,16,17). The molecular formula is C12H11ClFN3O. The number of nitrogens with zero attached hydrogens (tertiary/aromatic N) is 1. The van der Waals surface area contributed by atoms with Gasteiger partial charge in [-0.3, -0.25) is 0 Å². The Kier molecular flexibility index (Phi) is 3.96. The fourth-order valence-electron chi connectivity index (χ4n) is 1.36. The van der Waals surface area contributed by atoms with Crippen LogP contribution in [0.1, 0.15) is 5.69 Å². The predicted octanol–water partition coefficient (Wildman–Crippen LogP) is 2.74. The summed E-state index contributed by atoms with van der Waals surface area (Å²) in [7, 11) is 0. The van der Waals surface area contributed by atoms with Crippen LogP contribution in [0, 0.1) is 5.82 Å². The first-order chi connectivity index (χ1) is 8.69. The van der Waals surface area contributed by atoms with Gasteiger partial charge in [0.15, 0.2) is 0 Å². The third-order valence-electron chi connectivity index (χ3n) is 2.23. The minimum atomic E-state index is -0.514. The summed E-state index contributed by atoms with van der Waals surface area (Å²) < 4.78 is 18.6. The molecule has 1 aromatic carbocycles. The van der Waals surface area contributed by atoms with Crippen LogP contribution in [-0.4, -0.2) is 4.98 Å². The van der Waals surface area contributed by atoms with Gasteiger partial charge in [-0.05, 0) is 24.3 Å². The molecule has 0 unspecified atom stereocenters. The Morgan fingerprint density at radius 2 is 2.17 bits per heavy atom. The Balaban J connectivity index is 2.04. The van der Waals surface area contributed by atoms with Crippen LogP contribution in [0.4, 0.5) is 10.2 Å². The maximum atomic E-state index is 13.2. The summed E-state index contributed by atoms with van der Waals surface area (Å²) in [5, 5.41) is 0.0646. The molecule has 6 heteroatoms. The van der Waals surface area contributed by atoms with E-state index in [0.717, 1.165) is 0 Å². The molecule has 0 aliphatic heterocycles. The molecule has 94 valence electrons. The molecule has 0 saturated heterocycles. The van der Waals surface area contributed by atoms with Crippen LogP contribution >= 0.6 is 11.6 Å². The molecule has 0 saturated carbocycles. The number of hydrogen-bond acceptors (Lipinski definition) is 4. The average molecular weight is 268 g/mol. The summed E-state index contributed by atoms with van der Waals surface area (Å²) in [5.41, 5.74) is 3.12. The molecule has 0 bridgehead atoms. The van der Waals surface area contributed by atoms with Gasteiger partial charge in [-0.15, -0.1) is 0 Å². The highest BCUT2D eigenvalue weighted by atomic mass is 35.5. The summed E-state index contributed by atoms with van der Waals surface area (Å²) in [4.78, 5) is 4.17. The van der Waals surface area contributed by atoms with Gasteiger partial charge in [0.25, 0.3) is 0 Å². The highest BCUT2D eigenvalue weighted by molar-refractivity contribution is 6.30. The summed E-state index contributed by atoms with van der Waals surface area (Å²) >= 11 is 5.57. The van der Waals surface area contributed by atoms with Gasteiger partial charge in [0.1, 0.15) is 24.0 Å². The van der Waals surface area contributed by atoms with Gasteiger partial charge in [0.2, 0.25) is 0 Å². The topological polar surface area (TPSA) is 60.2 Å². The lowest BCUT2D eigenvalue weighted by atomic mass is 10.3. The lowest BCUT2D eigenvalue weighted by Gasteiger charge is -2.07. The van der Waals surface area contributed by atoms with Crippen molar-refractivity contribution in [2.45, 2.75) is 6.61 Å². The fourth-order valence-corrected chi connectivity index (χ4v) is 1.48. The normalized spacial score (nSPS) is 10.2. The van der Waals surface area contributed by atoms with Gasteiger partial charge in [-0.2, -0.15) is 0 Å². The van der Waals surface area contributed by atoms with Crippen LogP contribution < -0.4 is 16.0 Å². The lowest BCUT2D eigenvalue weighted by Crippen LogP contribution is -2.09. The Morgan fingerprint density at radius 1 is 1.33 bits per heavy atom. The second kappa shape index (κ2) is 5.66. The van der Waals surface area contributed by atoms with Crippen molar-refractivity contribution < 1.29 is 9.13 Å². The maximum absolute atomic E-state index is 13.2. The second-order valence-corrected chi connectivity index (χ2v) is 3.93. The van der Waals surface area contributed by atoms with Crippen LogP contribution in [0.15, 0.2) is 36.4 Å². The number of pyridine rings is 1. The highest BCUT2D eigenvalue weighted by Crippen LogP contribution is 2.21. The quantitative estimate of drug-likeness (QED) is 0.661. The van der Waals surface area contributed by atoms with Gasteiger partial charge >= 0.3 is 0 Å². The predicted molar refractivity (Wildman–Crippen MR) is 67.8 cm³/mol. The maximum Gasteiger partial charge on any atom is 0.145 e. The zero-order valence-corrected chi connectivity index (χ0v) is 10.1. The lowest BCUT2D eigenvalue weighted by molar-refractivity contribution is 0.300. The van der Waals surface area contributed by atoms with Gasteiger partial charge < -0.3 is 10.2 Å². The molecule has 0 radical (unpaired) electrons. The number of nitrogens with one attached hydrogen (secondary N) is 1. The summed E-state index contributed by atoms with van der Waals surface area (Å²) in [6.07, 6.45) is 0. The van der Waals surface area contributed by atoms with Crippen LogP contribution in [0.25, 0.3) is 0 Å². The number of nitrogens with two attached hydrogens (primary N) is 1. The Morgan fingerprint density at radius 3 is 2.89 bits per heavy atom. The van der Waals surface area contributed by atoms with E-state index in [4.69, 9.17) is 22.2 Å². The fraction of sp³-hybridized carbons (Fsp3) is 0.0833. The molecule has 3 N–H and O–H groups in total. The van der Waals surface area contributed by atoms with Crippen LogP contribution in [0.2, 0.25) is 5.02 Å². The highest BCUT2D eigenvalue weighted by Gasteiger charge is 2.03. The number of hydrazine groups is 1. The SMILES string of the molecule is NNc1cccc(COc2ccc(Cl)c(F)c2)n1. The number of rotatable bonds is 4. The van der Waals surface area contributed by atoms with E-state index in [1.165, 1.54) is 12.1 Å². The van der Waals surface area contributed by atoms with Gasteiger partial charge in [-0.1, -0.05) is 17.7 Å². The molecule has 0 atom stereocenters. The number of hydrogen-bond donors (Lipinski definition) is 2. The van der Waals surface area contributed by atoms with Crippen molar-refractivity contribution in [3.05, 3.63) is 52.9 Å². The summed E-state index contributed by atoms with van der Waals surface area (Å²) in [6.45, 7) is 0.219. The van der Waals surface area contributed by atoms with Crippen LogP contribution in [0.5, 0.6) is 5.75 Å². The molecule has 0 aliphatic carbocycles. The molecule has 0 fully saturated rings. The zero-order chi connectivity index (χ0) is 13.0. The number of ether oxygens (including phenoxy) is 1. The molecule has 18 heavy (non-hydrogen) atoms. The Hall–Kier alpha value is -1.85. The van der Waals surface area contributed by atoms with Crippen molar-refractivity contribution in [3.63, 3.8) is 0 Å². The second-order valence-electron chi connectivity index (χ2n) is 3.52. The number of aromatic nitrogens is 1. The van der Waals surface area contributed by atoms with E-state index in [1.54, 1.807) is 24.3 Å². The first-order valence-corrected chi connectivity index (χ1v) is 5.57. The Bertz CT molecular complexity index is 551.